The molecule has 5 nitrogen and oxygen atoms in total. The monoisotopic (exact) mass is 377 g/mol. The van der Waals surface area contributed by atoms with Crippen LogP contribution in [0.5, 0.6) is 0 Å². The second-order valence-corrected chi connectivity index (χ2v) is 10.7. The van der Waals surface area contributed by atoms with Gasteiger partial charge in [-0.2, -0.15) is 0 Å². The van der Waals surface area contributed by atoms with Gasteiger partial charge in [0.2, 0.25) is 0 Å². The first-order chi connectivity index (χ1) is 12.8. The summed E-state index contributed by atoms with van der Waals surface area (Å²) < 4.78 is 0. The lowest BCUT2D eigenvalue weighted by atomic mass is 9.46. The molecule has 5 atom stereocenters. The second-order valence-electron chi connectivity index (χ2n) is 10.7. The van der Waals surface area contributed by atoms with Crippen molar-refractivity contribution in [2.24, 2.45) is 46.8 Å². The van der Waals surface area contributed by atoms with Crippen molar-refractivity contribution >= 4 is 11.9 Å². The molecule has 0 aromatic heterocycles. The summed E-state index contributed by atoms with van der Waals surface area (Å²) in [5.41, 5.74) is 3.64. The first kappa shape index (κ1) is 19.2. The number of hydrogen-bond donors (Lipinski definition) is 2. The predicted octanol–water partition coefficient (Wildman–Crippen LogP) is 1.71. The fraction of sp³-hybridized carbons (Fsp3) is 0.909. The Labute approximate surface area is 162 Å². The molecule has 6 rings (SSSR count). The van der Waals surface area contributed by atoms with E-state index in [1.807, 2.05) is 0 Å². The number of hydrogen-bond acceptors (Lipinski definition) is 3. The van der Waals surface area contributed by atoms with Crippen LogP contribution in [0.15, 0.2) is 0 Å². The van der Waals surface area contributed by atoms with Crippen LogP contribution in [0.25, 0.3) is 0 Å². The number of carbonyl (C=O) groups is 2. The average Bonchev–Trinajstić information content (AvgIpc) is 3.15. The number of quaternary nitrogens is 1. The van der Waals surface area contributed by atoms with Crippen molar-refractivity contribution < 1.29 is 25.5 Å². The molecule has 0 amide bonds. The molecule has 4 N–H and O–H groups in total. The third kappa shape index (κ3) is 3.52. The number of fused-ring (bicyclic) bond motifs is 2. The van der Waals surface area contributed by atoms with Crippen molar-refractivity contribution in [3.05, 3.63) is 0 Å². The lowest BCUT2D eigenvalue weighted by molar-refractivity contribution is -0.430. The van der Waals surface area contributed by atoms with E-state index in [9.17, 15) is 19.8 Å². The number of carboxylic acid groups (broad SMARTS) is 2. The second kappa shape index (κ2) is 7.06. The van der Waals surface area contributed by atoms with Gasteiger partial charge in [0.1, 0.15) is 5.92 Å². The molecule has 0 saturated heterocycles. The van der Waals surface area contributed by atoms with E-state index in [4.69, 9.17) is 0 Å². The van der Waals surface area contributed by atoms with Gasteiger partial charge < -0.3 is 20.7 Å². The van der Waals surface area contributed by atoms with E-state index < -0.39 is 23.3 Å². The van der Waals surface area contributed by atoms with Gasteiger partial charge in [0.05, 0.1) is 12.0 Å². The number of aliphatic carboxylic acids is 2. The van der Waals surface area contributed by atoms with E-state index in [2.05, 4.69) is 12.7 Å². The van der Waals surface area contributed by atoms with Crippen LogP contribution in [0.2, 0.25) is 0 Å². The third-order valence-corrected chi connectivity index (χ3v) is 8.70. The maximum absolute atomic E-state index is 11.2. The Kier molecular flexibility index (Phi) is 5.02. The molecule has 0 aromatic carbocycles. The molecule has 0 radical (unpaired) electrons. The molecular formula is C22H35NO4. The minimum atomic E-state index is -1.39. The summed E-state index contributed by atoms with van der Waals surface area (Å²) in [6.45, 7) is 2.28. The fourth-order valence-corrected chi connectivity index (χ4v) is 8.13. The van der Waals surface area contributed by atoms with E-state index in [1.165, 1.54) is 44.9 Å². The number of carboxylic acids is 2. The van der Waals surface area contributed by atoms with Gasteiger partial charge in [-0.1, -0.05) is 6.42 Å². The molecule has 27 heavy (non-hydrogen) atoms. The summed E-state index contributed by atoms with van der Waals surface area (Å²) in [6, 6.07) is 0.704. The smallest absolute Gasteiger partial charge is 0.312 e. The van der Waals surface area contributed by atoms with E-state index >= 15 is 0 Å². The van der Waals surface area contributed by atoms with Gasteiger partial charge in [0, 0.05) is 5.92 Å². The van der Waals surface area contributed by atoms with E-state index in [0.29, 0.717) is 23.8 Å². The minimum absolute atomic E-state index is 0.501. The molecule has 0 aliphatic heterocycles. The number of carbonyl (C=O) groups excluding carboxylic acids is 1. The molecule has 6 bridgehead atoms. The van der Waals surface area contributed by atoms with E-state index in [-0.39, 0.29) is 0 Å². The Morgan fingerprint density at radius 1 is 0.963 bits per heavy atom. The van der Waals surface area contributed by atoms with Crippen LogP contribution in [0.3, 0.4) is 0 Å². The Hall–Kier alpha value is -1.10. The summed E-state index contributed by atoms with van der Waals surface area (Å²) in [5, 5.41) is 20.3. The van der Waals surface area contributed by atoms with Crippen molar-refractivity contribution in [1.82, 2.24) is 0 Å². The maximum Gasteiger partial charge on any atom is 0.312 e. The van der Waals surface area contributed by atoms with Gasteiger partial charge in [-0.25, -0.2) is 0 Å². The van der Waals surface area contributed by atoms with Gasteiger partial charge in [-0.15, -0.1) is 0 Å². The van der Waals surface area contributed by atoms with Gasteiger partial charge in [-0.3, -0.25) is 4.79 Å². The normalized spacial score (nSPS) is 45.9. The fourth-order valence-electron chi connectivity index (χ4n) is 8.13. The van der Waals surface area contributed by atoms with Crippen LogP contribution < -0.4 is 10.8 Å². The molecule has 0 aromatic rings. The van der Waals surface area contributed by atoms with Crippen LogP contribution in [0.4, 0.5) is 0 Å². The molecule has 6 aliphatic carbocycles. The van der Waals surface area contributed by atoms with E-state index in [0.717, 1.165) is 37.0 Å². The maximum atomic E-state index is 11.2. The highest BCUT2D eigenvalue weighted by Gasteiger charge is 2.56. The Morgan fingerprint density at radius 2 is 1.52 bits per heavy atom. The van der Waals surface area contributed by atoms with Crippen LogP contribution in [-0.2, 0) is 9.59 Å². The van der Waals surface area contributed by atoms with Crippen LogP contribution >= 0.6 is 0 Å². The first-order valence-corrected chi connectivity index (χ1v) is 11.0. The predicted molar refractivity (Wildman–Crippen MR) is 98.0 cm³/mol. The zero-order chi connectivity index (χ0) is 19.3. The molecule has 6 aliphatic rings. The highest BCUT2D eigenvalue weighted by atomic mass is 16.4. The zero-order valence-corrected chi connectivity index (χ0v) is 16.6. The minimum Gasteiger partial charge on any atom is -0.549 e. The van der Waals surface area contributed by atoms with Crippen LogP contribution in [-0.4, -0.2) is 23.1 Å². The average molecular weight is 378 g/mol. The van der Waals surface area contributed by atoms with Crippen molar-refractivity contribution in [3.8, 4) is 0 Å². The van der Waals surface area contributed by atoms with Crippen molar-refractivity contribution in [1.29, 1.82) is 0 Å². The van der Waals surface area contributed by atoms with Gasteiger partial charge in [0.15, 0.2) is 0 Å². The van der Waals surface area contributed by atoms with E-state index in [1.54, 1.807) is 0 Å². The molecule has 152 valence electrons. The standard InChI is InChI=1S/C13H18O4.C9H17N/c14-11(15)10(12(16)17)13-4-7-1-8(5-13)3-9(2-7)6-13;1-6(10)9-5-7-2-3-8(9)4-7/h7-10H,1-6H2,(H,14,15)(H,16,17);6-9H,2-5,10H2,1H3. The Bertz CT molecular complexity index is 552. The topological polar surface area (TPSA) is 105 Å². The highest BCUT2D eigenvalue weighted by molar-refractivity contribution is 5.93. The zero-order valence-electron chi connectivity index (χ0n) is 16.6. The number of rotatable bonds is 4. The Balaban J connectivity index is 0.000000153. The molecule has 5 heteroatoms. The summed E-state index contributed by atoms with van der Waals surface area (Å²) in [7, 11) is 0. The molecular weight excluding hydrogens is 342 g/mol. The molecule has 6 saturated carbocycles. The molecule has 0 spiro atoms. The third-order valence-electron chi connectivity index (χ3n) is 8.70. The van der Waals surface area contributed by atoms with Crippen molar-refractivity contribution in [2.45, 2.75) is 77.2 Å². The molecule has 6 fully saturated rings. The van der Waals surface area contributed by atoms with Crippen LogP contribution in [0.1, 0.15) is 71.1 Å². The largest absolute Gasteiger partial charge is 0.549 e. The molecule has 0 heterocycles. The SMILES string of the molecule is CC([NH3+])C1CC2CCC1C2.O=C([O-])C(C(=O)O)C12CC3CC(CC(C3)C1)C2. The first-order valence-electron chi connectivity index (χ1n) is 11.0. The Morgan fingerprint density at radius 3 is 1.81 bits per heavy atom. The van der Waals surface area contributed by atoms with Crippen molar-refractivity contribution in [3.63, 3.8) is 0 Å². The van der Waals surface area contributed by atoms with Crippen LogP contribution in [0, 0.1) is 46.8 Å². The highest BCUT2D eigenvalue weighted by Crippen LogP contribution is 2.62. The van der Waals surface area contributed by atoms with Gasteiger partial charge in [0.25, 0.3) is 0 Å². The quantitative estimate of drug-likeness (QED) is 0.728. The summed E-state index contributed by atoms with van der Waals surface area (Å²) in [6.07, 6.45) is 11.9. The lowest BCUT2D eigenvalue weighted by Gasteiger charge is -2.58. The summed E-state index contributed by atoms with van der Waals surface area (Å²) >= 11 is 0. The van der Waals surface area contributed by atoms with Crippen molar-refractivity contribution in [2.75, 3.05) is 0 Å². The summed E-state index contributed by atoms with van der Waals surface area (Å²) in [5.74, 6) is 0.935. The molecule has 5 unspecified atom stereocenters. The van der Waals surface area contributed by atoms with Gasteiger partial charge in [-0.05, 0) is 99.7 Å². The van der Waals surface area contributed by atoms with Gasteiger partial charge >= 0.3 is 5.97 Å². The summed E-state index contributed by atoms with van der Waals surface area (Å²) in [4.78, 5) is 22.4. The lowest BCUT2D eigenvalue weighted by Crippen LogP contribution is -2.63.